The fraction of sp³-hybridized carbons (Fsp3) is 0.643. The van der Waals surface area contributed by atoms with Gasteiger partial charge in [-0.15, -0.1) is 0 Å². The Hall–Kier alpha value is -1.34. The summed E-state index contributed by atoms with van der Waals surface area (Å²) >= 11 is 0. The van der Waals surface area contributed by atoms with Crippen LogP contribution in [-0.2, 0) is 17.1 Å². The molecule has 0 unspecified atom stereocenters. The van der Waals surface area contributed by atoms with Crippen LogP contribution in [0.25, 0.3) is 0 Å². The van der Waals surface area contributed by atoms with Gasteiger partial charge in [0.1, 0.15) is 10.6 Å². The highest BCUT2D eigenvalue weighted by molar-refractivity contribution is 7.89. The van der Waals surface area contributed by atoms with Gasteiger partial charge in [0.05, 0.1) is 0 Å². The summed E-state index contributed by atoms with van der Waals surface area (Å²) in [6.07, 6.45) is 8.61. The molecule has 0 radical (unpaired) electrons. The van der Waals surface area contributed by atoms with E-state index in [0.29, 0.717) is 0 Å². The number of carboxylic acids is 1. The van der Waals surface area contributed by atoms with E-state index in [0.717, 1.165) is 38.5 Å². The number of rotatable bonds is 4. The molecule has 1 aromatic heterocycles. The van der Waals surface area contributed by atoms with Crippen LogP contribution in [0.15, 0.2) is 17.2 Å². The standard InChI is InChI=1S/C14H22N2O4S/c1-16-10-12(9-13(16)14(17)18)21(19,20)15-11-7-5-3-2-4-6-8-11/h9-11,15H,2-8H2,1H3,(H,17,18). The maximum absolute atomic E-state index is 12.4. The van der Waals surface area contributed by atoms with E-state index in [1.54, 1.807) is 0 Å². The molecular weight excluding hydrogens is 292 g/mol. The third kappa shape index (κ3) is 4.07. The predicted molar refractivity (Wildman–Crippen MR) is 78.8 cm³/mol. The third-order valence-electron chi connectivity index (χ3n) is 3.94. The van der Waals surface area contributed by atoms with Gasteiger partial charge in [-0.1, -0.05) is 32.1 Å². The molecule has 1 fully saturated rings. The summed E-state index contributed by atoms with van der Waals surface area (Å²) in [5.41, 5.74) is -0.0342. The Kier molecular flexibility index (Phi) is 5.05. The first-order chi connectivity index (χ1) is 9.90. The Labute approximate surface area is 125 Å². The van der Waals surface area contributed by atoms with E-state index < -0.39 is 16.0 Å². The SMILES string of the molecule is Cn1cc(S(=O)(=O)NC2CCCCCCC2)cc1C(=O)O. The van der Waals surface area contributed by atoms with Gasteiger partial charge in [0.25, 0.3) is 0 Å². The van der Waals surface area contributed by atoms with E-state index in [1.165, 1.54) is 30.3 Å². The first-order valence-electron chi connectivity index (χ1n) is 7.32. The number of carboxylic acid groups (broad SMARTS) is 1. The molecule has 0 amide bonds. The lowest BCUT2D eigenvalue weighted by Gasteiger charge is -2.20. The molecule has 118 valence electrons. The van der Waals surface area contributed by atoms with Crippen molar-refractivity contribution >= 4 is 16.0 Å². The van der Waals surface area contributed by atoms with Crippen LogP contribution in [0.3, 0.4) is 0 Å². The molecule has 21 heavy (non-hydrogen) atoms. The molecule has 0 bridgehead atoms. The van der Waals surface area contributed by atoms with E-state index in [4.69, 9.17) is 5.11 Å². The molecule has 1 aliphatic rings. The lowest BCUT2D eigenvalue weighted by Crippen LogP contribution is -2.35. The molecule has 7 heteroatoms. The van der Waals surface area contributed by atoms with Crippen molar-refractivity contribution in [2.45, 2.75) is 55.9 Å². The average Bonchev–Trinajstić information content (AvgIpc) is 2.75. The molecule has 0 aromatic carbocycles. The maximum Gasteiger partial charge on any atom is 0.352 e. The summed E-state index contributed by atoms with van der Waals surface area (Å²) in [6, 6.07) is 1.15. The number of aromatic carboxylic acids is 1. The average molecular weight is 314 g/mol. The van der Waals surface area contributed by atoms with Crippen LogP contribution >= 0.6 is 0 Å². The largest absolute Gasteiger partial charge is 0.477 e. The van der Waals surface area contributed by atoms with E-state index >= 15 is 0 Å². The monoisotopic (exact) mass is 314 g/mol. The van der Waals surface area contributed by atoms with Crippen molar-refractivity contribution in [2.75, 3.05) is 0 Å². The van der Waals surface area contributed by atoms with Crippen molar-refractivity contribution in [3.8, 4) is 0 Å². The van der Waals surface area contributed by atoms with E-state index in [-0.39, 0.29) is 16.6 Å². The van der Waals surface area contributed by atoms with Crippen molar-refractivity contribution < 1.29 is 18.3 Å². The molecule has 1 saturated carbocycles. The quantitative estimate of drug-likeness (QED) is 0.891. The van der Waals surface area contributed by atoms with Gasteiger partial charge >= 0.3 is 5.97 Å². The van der Waals surface area contributed by atoms with Gasteiger partial charge < -0.3 is 9.67 Å². The van der Waals surface area contributed by atoms with Crippen LogP contribution in [0.2, 0.25) is 0 Å². The lowest BCUT2D eigenvalue weighted by molar-refractivity contribution is 0.0686. The van der Waals surface area contributed by atoms with E-state index in [2.05, 4.69) is 4.72 Å². The zero-order valence-electron chi connectivity index (χ0n) is 12.2. The Morgan fingerprint density at radius 3 is 2.33 bits per heavy atom. The molecule has 6 nitrogen and oxygen atoms in total. The first-order valence-corrected chi connectivity index (χ1v) is 8.80. The van der Waals surface area contributed by atoms with Gasteiger partial charge in [0.15, 0.2) is 0 Å². The number of hydrogen-bond donors (Lipinski definition) is 2. The van der Waals surface area contributed by atoms with Crippen molar-refractivity contribution in [3.05, 3.63) is 18.0 Å². The second-order valence-electron chi connectivity index (χ2n) is 5.64. The Morgan fingerprint density at radius 2 is 1.81 bits per heavy atom. The summed E-state index contributed by atoms with van der Waals surface area (Å²) in [4.78, 5) is 11.0. The molecule has 0 aliphatic heterocycles. The molecule has 1 aliphatic carbocycles. The summed E-state index contributed by atoms with van der Waals surface area (Å²) in [6.45, 7) is 0. The zero-order valence-corrected chi connectivity index (χ0v) is 13.0. The summed E-state index contributed by atoms with van der Waals surface area (Å²) in [7, 11) is -2.13. The molecule has 0 saturated heterocycles. The topological polar surface area (TPSA) is 88.4 Å². The Balaban J connectivity index is 2.13. The minimum absolute atomic E-state index is 0.0180. The fourth-order valence-corrected chi connectivity index (χ4v) is 4.13. The summed E-state index contributed by atoms with van der Waals surface area (Å²) in [5, 5.41) is 9.00. The number of nitrogens with zero attached hydrogens (tertiary/aromatic N) is 1. The number of sulfonamides is 1. The summed E-state index contributed by atoms with van der Waals surface area (Å²) < 4.78 is 28.8. The first kappa shape index (κ1) is 16.0. The smallest absolute Gasteiger partial charge is 0.352 e. The van der Waals surface area contributed by atoms with Crippen LogP contribution < -0.4 is 4.72 Å². The molecule has 2 rings (SSSR count). The predicted octanol–water partition coefficient (Wildman–Crippen LogP) is 2.11. The minimum Gasteiger partial charge on any atom is -0.477 e. The van der Waals surface area contributed by atoms with Crippen LogP contribution in [0, 0.1) is 0 Å². The van der Waals surface area contributed by atoms with Gasteiger partial charge in [0.2, 0.25) is 10.0 Å². The van der Waals surface area contributed by atoms with E-state index in [9.17, 15) is 13.2 Å². The summed E-state index contributed by atoms with van der Waals surface area (Å²) in [5.74, 6) is -1.13. The molecular formula is C14H22N2O4S. The zero-order chi connectivity index (χ0) is 15.5. The molecule has 2 N–H and O–H groups in total. The lowest BCUT2D eigenvalue weighted by atomic mass is 9.97. The molecule has 1 heterocycles. The maximum atomic E-state index is 12.4. The Bertz CT molecular complexity index is 598. The number of carbonyl (C=O) groups is 1. The van der Waals surface area contributed by atoms with Crippen molar-refractivity contribution in [2.24, 2.45) is 7.05 Å². The minimum atomic E-state index is -3.66. The normalized spacial score (nSPS) is 18.1. The van der Waals surface area contributed by atoms with Gasteiger partial charge in [-0.3, -0.25) is 0 Å². The highest BCUT2D eigenvalue weighted by atomic mass is 32.2. The van der Waals surface area contributed by atoms with Crippen molar-refractivity contribution in [1.29, 1.82) is 0 Å². The van der Waals surface area contributed by atoms with Gasteiger partial charge in [-0.25, -0.2) is 17.9 Å². The van der Waals surface area contributed by atoms with Gasteiger partial charge in [0, 0.05) is 19.3 Å². The highest BCUT2D eigenvalue weighted by Gasteiger charge is 2.23. The van der Waals surface area contributed by atoms with Crippen molar-refractivity contribution in [3.63, 3.8) is 0 Å². The Morgan fingerprint density at radius 1 is 1.24 bits per heavy atom. The number of nitrogens with one attached hydrogen (secondary N) is 1. The second-order valence-corrected chi connectivity index (χ2v) is 7.35. The van der Waals surface area contributed by atoms with Crippen LogP contribution in [0.4, 0.5) is 0 Å². The van der Waals surface area contributed by atoms with Gasteiger partial charge in [-0.05, 0) is 18.9 Å². The number of hydrogen-bond acceptors (Lipinski definition) is 3. The fourth-order valence-electron chi connectivity index (χ4n) is 2.76. The number of aromatic nitrogens is 1. The molecule has 0 spiro atoms. The molecule has 1 aromatic rings. The number of aryl methyl sites for hydroxylation is 1. The van der Waals surface area contributed by atoms with E-state index in [1.807, 2.05) is 0 Å². The van der Waals surface area contributed by atoms with Crippen molar-refractivity contribution in [1.82, 2.24) is 9.29 Å². The van der Waals surface area contributed by atoms with Gasteiger partial charge in [-0.2, -0.15) is 0 Å². The molecule has 0 atom stereocenters. The van der Waals surface area contributed by atoms with Crippen LogP contribution in [-0.4, -0.2) is 30.1 Å². The highest BCUT2D eigenvalue weighted by Crippen LogP contribution is 2.20. The van der Waals surface area contributed by atoms with Crippen LogP contribution in [0.1, 0.15) is 55.4 Å². The van der Waals surface area contributed by atoms with Crippen LogP contribution in [0.5, 0.6) is 0 Å². The third-order valence-corrected chi connectivity index (χ3v) is 5.42. The second kappa shape index (κ2) is 6.62.